The van der Waals surface area contributed by atoms with Gasteiger partial charge in [-0.15, -0.1) is 6.42 Å². The van der Waals surface area contributed by atoms with Gasteiger partial charge in [-0.25, -0.2) is 13.4 Å². The fourth-order valence-corrected chi connectivity index (χ4v) is 3.64. The molecule has 0 amide bonds. The number of sulfonamides is 1. The van der Waals surface area contributed by atoms with Crippen LogP contribution in [-0.2, 0) is 10.0 Å². The maximum atomic E-state index is 11.7. The lowest BCUT2D eigenvalue weighted by Gasteiger charge is -2.17. The van der Waals surface area contributed by atoms with Crippen LogP contribution in [0.25, 0.3) is 0 Å². The molecule has 0 saturated heterocycles. The maximum absolute atomic E-state index is 11.7. The Labute approximate surface area is 97.4 Å². The van der Waals surface area contributed by atoms with E-state index in [1.54, 1.807) is 6.07 Å². The highest BCUT2D eigenvalue weighted by atomic mass is 32.2. The largest absolute Gasteiger partial charge is 0.266 e. The van der Waals surface area contributed by atoms with Crippen LogP contribution in [0.15, 0.2) is 33.2 Å². The smallest absolute Gasteiger partial charge is 0.263 e. The van der Waals surface area contributed by atoms with Gasteiger partial charge in [0.1, 0.15) is 11.4 Å². The molecule has 16 heavy (non-hydrogen) atoms. The van der Waals surface area contributed by atoms with E-state index in [0.717, 1.165) is 0 Å². The Bertz CT molecular complexity index is 587. The zero-order valence-corrected chi connectivity index (χ0v) is 9.68. The molecule has 5 nitrogen and oxygen atoms in total. The van der Waals surface area contributed by atoms with Crippen LogP contribution in [0.2, 0.25) is 0 Å². The number of nitrogens with zero attached hydrogens (tertiary/aromatic N) is 2. The number of amidine groups is 1. The van der Waals surface area contributed by atoms with E-state index >= 15 is 0 Å². The summed E-state index contributed by atoms with van der Waals surface area (Å²) in [6, 6.07) is 1.63. The fourth-order valence-electron chi connectivity index (χ4n) is 1.13. The Kier molecular flexibility index (Phi) is 2.85. The van der Waals surface area contributed by atoms with Crippen LogP contribution < -0.4 is 4.72 Å². The number of fused-ring (bicyclic) bond motifs is 1. The van der Waals surface area contributed by atoms with Gasteiger partial charge >= 0.3 is 0 Å². The fraction of sp³-hybridized carbons (Fsp3) is 0.111. The van der Waals surface area contributed by atoms with Crippen molar-refractivity contribution in [3.05, 3.63) is 18.5 Å². The average Bonchev–Trinajstić information content (AvgIpc) is 2.25. The van der Waals surface area contributed by atoms with Crippen molar-refractivity contribution in [2.24, 2.45) is 4.99 Å². The zero-order chi connectivity index (χ0) is 11.6. The van der Waals surface area contributed by atoms with Crippen LogP contribution >= 0.6 is 11.8 Å². The lowest BCUT2D eigenvalue weighted by Crippen LogP contribution is -2.32. The molecule has 1 aliphatic heterocycles. The lowest BCUT2D eigenvalue weighted by atomic mass is 10.5. The number of thioether (sulfide) groups is 1. The molecule has 1 aromatic rings. The molecule has 0 aromatic carbocycles. The van der Waals surface area contributed by atoms with Gasteiger partial charge in [-0.2, -0.15) is 0 Å². The SMILES string of the molecule is C#CCN=C1NS(=O)(=O)c2cnccc2S1. The molecule has 0 bridgehead atoms. The van der Waals surface area contributed by atoms with Crippen molar-refractivity contribution in [3.8, 4) is 12.3 Å². The second-order valence-electron chi connectivity index (χ2n) is 2.86. The molecule has 82 valence electrons. The van der Waals surface area contributed by atoms with Gasteiger partial charge in [0.15, 0.2) is 5.17 Å². The van der Waals surface area contributed by atoms with Gasteiger partial charge in [-0.05, 0) is 17.8 Å². The molecule has 0 atom stereocenters. The van der Waals surface area contributed by atoms with Gasteiger partial charge < -0.3 is 0 Å². The molecule has 0 saturated carbocycles. The quantitative estimate of drug-likeness (QED) is 0.738. The van der Waals surface area contributed by atoms with Crippen molar-refractivity contribution in [1.82, 2.24) is 9.71 Å². The first-order valence-corrected chi connectivity index (χ1v) is 6.56. The summed E-state index contributed by atoms with van der Waals surface area (Å²) in [7, 11) is -3.55. The highest BCUT2D eigenvalue weighted by Gasteiger charge is 2.27. The number of nitrogens with one attached hydrogen (secondary N) is 1. The normalized spacial score (nSPS) is 19.6. The van der Waals surface area contributed by atoms with Gasteiger partial charge in [0.05, 0.1) is 0 Å². The third-order valence-electron chi connectivity index (χ3n) is 1.78. The predicted octanol–water partition coefficient (Wildman–Crippen LogP) is 0.455. The molecule has 0 fully saturated rings. The van der Waals surface area contributed by atoms with Gasteiger partial charge in [-0.1, -0.05) is 5.92 Å². The molecule has 0 aliphatic carbocycles. The predicted molar refractivity (Wildman–Crippen MR) is 61.6 cm³/mol. The van der Waals surface area contributed by atoms with E-state index < -0.39 is 10.0 Å². The molecule has 2 heterocycles. The second kappa shape index (κ2) is 4.15. The van der Waals surface area contributed by atoms with Crippen LogP contribution in [0.5, 0.6) is 0 Å². The molecule has 0 unspecified atom stereocenters. The van der Waals surface area contributed by atoms with E-state index in [1.165, 1.54) is 24.2 Å². The van der Waals surface area contributed by atoms with E-state index in [9.17, 15) is 8.42 Å². The number of pyridine rings is 1. The zero-order valence-electron chi connectivity index (χ0n) is 8.04. The van der Waals surface area contributed by atoms with Crippen molar-refractivity contribution in [3.63, 3.8) is 0 Å². The minimum absolute atomic E-state index is 0.144. The topological polar surface area (TPSA) is 71.4 Å². The highest BCUT2D eigenvalue weighted by molar-refractivity contribution is 8.16. The van der Waals surface area contributed by atoms with E-state index in [1.807, 2.05) is 0 Å². The average molecular weight is 253 g/mol. The Morgan fingerprint density at radius 1 is 1.62 bits per heavy atom. The number of rotatable bonds is 1. The Hall–Kier alpha value is -1.52. The van der Waals surface area contributed by atoms with E-state index in [0.29, 0.717) is 4.90 Å². The van der Waals surface area contributed by atoms with E-state index in [4.69, 9.17) is 6.42 Å². The lowest BCUT2D eigenvalue weighted by molar-refractivity contribution is 0.589. The monoisotopic (exact) mass is 253 g/mol. The molecule has 2 rings (SSSR count). The molecule has 7 heteroatoms. The Balaban J connectivity index is 2.46. The minimum atomic E-state index is -3.55. The summed E-state index contributed by atoms with van der Waals surface area (Å²) in [5, 5.41) is 0.289. The van der Waals surface area contributed by atoms with Crippen LogP contribution in [-0.4, -0.2) is 25.1 Å². The minimum Gasteiger partial charge on any atom is -0.263 e. The molecule has 0 spiro atoms. The van der Waals surface area contributed by atoms with E-state index in [-0.39, 0.29) is 16.6 Å². The van der Waals surface area contributed by atoms with Crippen molar-refractivity contribution in [2.75, 3.05) is 6.54 Å². The summed E-state index contributed by atoms with van der Waals surface area (Å²) in [5.41, 5.74) is 0. The summed E-state index contributed by atoms with van der Waals surface area (Å²) < 4.78 is 25.8. The number of aromatic nitrogens is 1. The third-order valence-corrected chi connectivity index (χ3v) is 4.40. The first kappa shape index (κ1) is 11.0. The van der Waals surface area contributed by atoms with Crippen LogP contribution in [0, 0.1) is 12.3 Å². The second-order valence-corrected chi connectivity index (χ2v) is 5.54. The summed E-state index contributed by atoms with van der Waals surface area (Å²) >= 11 is 1.22. The van der Waals surface area contributed by atoms with Crippen LogP contribution in [0.3, 0.4) is 0 Å². The molecule has 0 radical (unpaired) electrons. The van der Waals surface area contributed by atoms with Crippen LogP contribution in [0.1, 0.15) is 0 Å². The van der Waals surface area contributed by atoms with Crippen molar-refractivity contribution >= 4 is 27.0 Å². The molecular formula is C9H7N3O2S2. The summed E-state index contributed by atoms with van der Waals surface area (Å²) in [6.45, 7) is 0.144. The molecular weight excluding hydrogens is 246 g/mol. The maximum Gasteiger partial charge on any atom is 0.266 e. The van der Waals surface area contributed by atoms with Gasteiger partial charge in [-0.3, -0.25) is 9.71 Å². The van der Waals surface area contributed by atoms with Crippen molar-refractivity contribution < 1.29 is 8.42 Å². The standard InChI is InChI=1S/C9H7N3O2S2/c1-2-4-11-9-12-16(13,14)8-6-10-5-3-7(8)15-9/h1,3,5-6H,4H2,(H,11,12). The molecule has 1 N–H and O–H groups in total. The highest BCUT2D eigenvalue weighted by Crippen LogP contribution is 2.30. The number of terminal acetylenes is 1. The van der Waals surface area contributed by atoms with E-state index in [2.05, 4.69) is 20.6 Å². The summed E-state index contributed by atoms with van der Waals surface area (Å²) in [4.78, 5) is 8.47. The molecule has 1 aliphatic rings. The van der Waals surface area contributed by atoms with Crippen LogP contribution in [0.4, 0.5) is 0 Å². The number of aliphatic imine (C=N–C) groups is 1. The number of hydrogen-bond acceptors (Lipinski definition) is 5. The first-order valence-electron chi connectivity index (χ1n) is 4.26. The molecule has 1 aromatic heterocycles. The first-order chi connectivity index (χ1) is 7.63. The number of hydrogen-bond donors (Lipinski definition) is 1. The van der Waals surface area contributed by atoms with Crippen molar-refractivity contribution in [2.45, 2.75) is 9.79 Å². The summed E-state index contributed by atoms with van der Waals surface area (Å²) in [5.74, 6) is 2.32. The third kappa shape index (κ3) is 2.03. The Morgan fingerprint density at radius 2 is 2.44 bits per heavy atom. The Morgan fingerprint density at radius 3 is 3.19 bits per heavy atom. The van der Waals surface area contributed by atoms with Crippen molar-refractivity contribution in [1.29, 1.82) is 0 Å². The van der Waals surface area contributed by atoms with Gasteiger partial charge in [0, 0.05) is 17.3 Å². The summed E-state index contributed by atoms with van der Waals surface area (Å²) in [6.07, 6.45) is 7.90. The van der Waals surface area contributed by atoms with Gasteiger partial charge in [0.25, 0.3) is 10.0 Å². The van der Waals surface area contributed by atoms with Gasteiger partial charge in [0.2, 0.25) is 0 Å².